The van der Waals surface area contributed by atoms with E-state index in [-0.39, 0.29) is 0 Å². The number of hydrogen-bond acceptors (Lipinski definition) is 6. The van der Waals surface area contributed by atoms with Crippen molar-refractivity contribution in [2.45, 2.75) is 0 Å². The SMILES string of the molecule is COc1cccc(/C=N\NC(=O)C(=O)Nc2ccc(OC)cc2OC)c1. The van der Waals surface area contributed by atoms with Crippen LogP contribution in [0.15, 0.2) is 47.6 Å². The number of rotatable bonds is 6. The molecular weight excluding hydrogens is 338 g/mol. The predicted octanol–water partition coefficient (Wildman–Crippen LogP) is 1.80. The Morgan fingerprint density at radius 1 is 0.923 bits per heavy atom. The highest BCUT2D eigenvalue weighted by Gasteiger charge is 2.15. The lowest BCUT2D eigenvalue weighted by atomic mass is 10.2. The van der Waals surface area contributed by atoms with Crippen molar-refractivity contribution in [1.29, 1.82) is 0 Å². The number of amides is 2. The van der Waals surface area contributed by atoms with Crippen LogP contribution in [0.2, 0.25) is 0 Å². The van der Waals surface area contributed by atoms with Gasteiger partial charge in [-0.3, -0.25) is 9.59 Å². The molecule has 0 aromatic heterocycles. The first-order valence-electron chi connectivity index (χ1n) is 7.58. The Balaban J connectivity index is 1.97. The molecule has 0 aliphatic carbocycles. The number of benzene rings is 2. The summed E-state index contributed by atoms with van der Waals surface area (Å²) in [5, 5.41) is 6.21. The minimum atomic E-state index is -0.915. The molecule has 8 heteroatoms. The average Bonchev–Trinajstić information content (AvgIpc) is 2.68. The fourth-order valence-electron chi connectivity index (χ4n) is 2.02. The molecule has 0 atom stereocenters. The van der Waals surface area contributed by atoms with Crippen molar-refractivity contribution in [3.05, 3.63) is 48.0 Å². The Bertz CT molecular complexity index is 820. The minimum absolute atomic E-state index is 0.338. The highest BCUT2D eigenvalue weighted by atomic mass is 16.5. The quantitative estimate of drug-likeness (QED) is 0.467. The number of ether oxygens (including phenoxy) is 3. The second-order valence-corrected chi connectivity index (χ2v) is 5.00. The second kappa shape index (κ2) is 9.07. The van der Waals surface area contributed by atoms with Crippen molar-refractivity contribution >= 4 is 23.7 Å². The fourth-order valence-corrected chi connectivity index (χ4v) is 2.02. The smallest absolute Gasteiger partial charge is 0.329 e. The predicted molar refractivity (Wildman–Crippen MR) is 96.9 cm³/mol. The van der Waals surface area contributed by atoms with Gasteiger partial charge in [-0.1, -0.05) is 12.1 Å². The standard InChI is InChI=1S/C18H19N3O5/c1-24-13-6-4-5-12(9-13)11-19-21-18(23)17(22)20-15-8-7-14(25-2)10-16(15)26-3/h4-11H,1-3H3,(H,20,22)(H,21,23)/b19-11-. The summed E-state index contributed by atoms with van der Waals surface area (Å²) in [6, 6.07) is 11.9. The largest absolute Gasteiger partial charge is 0.497 e. The third kappa shape index (κ3) is 4.97. The Morgan fingerprint density at radius 2 is 1.65 bits per heavy atom. The molecule has 0 aliphatic heterocycles. The van der Waals surface area contributed by atoms with Gasteiger partial charge in [0, 0.05) is 6.07 Å². The van der Waals surface area contributed by atoms with E-state index in [4.69, 9.17) is 14.2 Å². The lowest BCUT2D eigenvalue weighted by Crippen LogP contribution is -2.32. The molecule has 0 saturated heterocycles. The van der Waals surface area contributed by atoms with E-state index < -0.39 is 11.8 Å². The zero-order chi connectivity index (χ0) is 18.9. The number of carbonyl (C=O) groups excluding carboxylic acids is 2. The van der Waals surface area contributed by atoms with Crippen molar-refractivity contribution in [3.63, 3.8) is 0 Å². The van der Waals surface area contributed by atoms with Gasteiger partial charge in [-0.25, -0.2) is 5.43 Å². The first-order valence-corrected chi connectivity index (χ1v) is 7.58. The van der Waals surface area contributed by atoms with E-state index in [0.717, 1.165) is 0 Å². The van der Waals surface area contributed by atoms with Crippen LogP contribution in [0.5, 0.6) is 17.2 Å². The average molecular weight is 357 g/mol. The van der Waals surface area contributed by atoms with Crippen molar-refractivity contribution < 1.29 is 23.8 Å². The highest BCUT2D eigenvalue weighted by molar-refractivity contribution is 6.39. The van der Waals surface area contributed by atoms with E-state index in [0.29, 0.717) is 28.5 Å². The molecule has 2 aromatic carbocycles. The van der Waals surface area contributed by atoms with Gasteiger partial charge in [-0.2, -0.15) is 5.10 Å². The van der Waals surface area contributed by atoms with Crippen LogP contribution in [-0.2, 0) is 9.59 Å². The van der Waals surface area contributed by atoms with Gasteiger partial charge < -0.3 is 19.5 Å². The van der Waals surface area contributed by atoms with Crippen LogP contribution in [0, 0.1) is 0 Å². The topological polar surface area (TPSA) is 98.2 Å². The lowest BCUT2D eigenvalue weighted by molar-refractivity contribution is -0.136. The van der Waals surface area contributed by atoms with Gasteiger partial charge >= 0.3 is 11.8 Å². The Labute approximate surface area is 150 Å². The fraction of sp³-hybridized carbons (Fsp3) is 0.167. The van der Waals surface area contributed by atoms with Crippen LogP contribution in [0.25, 0.3) is 0 Å². The third-order valence-electron chi connectivity index (χ3n) is 3.34. The molecule has 2 rings (SSSR count). The normalized spacial score (nSPS) is 10.3. The monoisotopic (exact) mass is 357 g/mol. The molecule has 0 unspecified atom stereocenters. The number of carbonyl (C=O) groups is 2. The van der Waals surface area contributed by atoms with Gasteiger partial charge in [-0.05, 0) is 29.8 Å². The van der Waals surface area contributed by atoms with Crippen molar-refractivity contribution in [2.24, 2.45) is 5.10 Å². The number of nitrogens with zero attached hydrogens (tertiary/aromatic N) is 1. The van der Waals surface area contributed by atoms with Crippen molar-refractivity contribution in [2.75, 3.05) is 26.6 Å². The van der Waals surface area contributed by atoms with Crippen LogP contribution in [-0.4, -0.2) is 39.4 Å². The Kier molecular flexibility index (Phi) is 6.55. The molecule has 2 N–H and O–H groups in total. The van der Waals surface area contributed by atoms with E-state index in [2.05, 4.69) is 15.8 Å². The molecule has 0 saturated carbocycles. The molecule has 26 heavy (non-hydrogen) atoms. The maximum absolute atomic E-state index is 12.0. The summed E-state index contributed by atoms with van der Waals surface area (Å²) >= 11 is 0. The summed E-state index contributed by atoms with van der Waals surface area (Å²) < 4.78 is 15.3. The van der Waals surface area contributed by atoms with E-state index in [1.54, 1.807) is 49.6 Å². The van der Waals surface area contributed by atoms with E-state index in [1.165, 1.54) is 20.4 Å². The number of nitrogens with one attached hydrogen (secondary N) is 2. The van der Waals surface area contributed by atoms with Gasteiger partial charge in [0.1, 0.15) is 17.2 Å². The molecule has 0 fully saturated rings. The molecule has 2 amide bonds. The van der Waals surface area contributed by atoms with E-state index >= 15 is 0 Å². The van der Waals surface area contributed by atoms with E-state index in [1.807, 2.05) is 0 Å². The first-order chi connectivity index (χ1) is 12.6. The first kappa shape index (κ1) is 18.8. The van der Waals surface area contributed by atoms with Crippen molar-refractivity contribution in [1.82, 2.24) is 5.43 Å². The van der Waals surface area contributed by atoms with Crippen LogP contribution in [0.3, 0.4) is 0 Å². The number of hydrazone groups is 1. The summed E-state index contributed by atoms with van der Waals surface area (Å²) in [6.07, 6.45) is 1.40. The number of methoxy groups -OCH3 is 3. The summed E-state index contributed by atoms with van der Waals surface area (Å²) in [5.41, 5.74) is 3.21. The molecular formula is C18H19N3O5. The van der Waals surface area contributed by atoms with Crippen molar-refractivity contribution in [3.8, 4) is 17.2 Å². The van der Waals surface area contributed by atoms with Gasteiger partial charge in [0.15, 0.2) is 0 Å². The summed E-state index contributed by atoms with van der Waals surface area (Å²) in [4.78, 5) is 23.8. The molecule has 0 aliphatic rings. The second-order valence-electron chi connectivity index (χ2n) is 5.00. The molecule has 0 bridgehead atoms. The number of anilines is 1. The van der Waals surface area contributed by atoms with Gasteiger partial charge in [0.25, 0.3) is 0 Å². The van der Waals surface area contributed by atoms with Crippen LogP contribution in [0.1, 0.15) is 5.56 Å². The summed E-state index contributed by atoms with van der Waals surface area (Å²) in [6.45, 7) is 0. The maximum Gasteiger partial charge on any atom is 0.329 e. The molecule has 0 radical (unpaired) electrons. The molecule has 8 nitrogen and oxygen atoms in total. The molecule has 136 valence electrons. The summed E-state index contributed by atoms with van der Waals surface area (Å²) in [7, 11) is 4.51. The van der Waals surface area contributed by atoms with Gasteiger partial charge in [0.2, 0.25) is 0 Å². The lowest BCUT2D eigenvalue weighted by Gasteiger charge is -2.10. The molecule has 0 spiro atoms. The van der Waals surface area contributed by atoms with Crippen LogP contribution < -0.4 is 25.0 Å². The van der Waals surface area contributed by atoms with Crippen LogP contribution >= 0.6 is 0 Å². The Hall–Kier alpha value is -3.55. The minimum Gasteiger partial charge on any atom is -0.497 e. The highest BCUT2D eigenvalue weighted by Crippen LogP contribution is 2.28. The number of hydrogen-bond donors (Lipinski definition) is 2. The zero-order valence-corrected chi connectivity index (χ0v) is 14.6. The zero-order valence-electron chi connectivity index (χ0n) is 14.6. The van der Waals surface area contributed by atoms with Gasteiger partial charge in [0.05, 0.1) is 33.2 Å². The van der Waals surface area contributed by atoms with Gasteiger partial charge in [-0.15, -0.1) is 0 Å². The maximum atomic E-state index is 12.0. The van der Waals surface area contributed by atoms with E-state index in [9.17, 15) is 9.59 Å². The Morgan fingerprint density at radius 3 is 2.35 bits per heavy atom. The molecule has 0 heterocycles. The third-order valence-corrected chi connectivity index (χ3v) is 3.34. The molecule has 2 aromatic rings. The van der Waals surface area contributed by atoms with Crippen LogP contribution in [0.4, 0.5) is 5.69 Å². The summed E-state index contributed by atoms with van der Waals surface area (Å²) in [5.74, 6) is -0.208.